The summed E-state index contributed by atoms with van der Waals surface area (Å²) in [5.74, 6) is -0.716. The molecule has 1 aromatic rings. The van der Waals surface area contributed by atoms with E-state index in [1.165, 1.54) is 0 Å². The van der Waals surface area contributed by atoms with E-state index in [0.717, 1.165) is 36.8 Å². The third-order valence-corrected chi connectivity index (χ3v) is 5.87. The van der Waals surface area contributed by atoms with Crippen molar-refractivity contribution in [1.82, 2.24) is 5.06 Å². The van der Waals surface area contributed by atoms with Crippen LogP contribution in [0.4, 0.5) is 0 Å². The molecule has 1 unspecified atom stereocenters. The quantitative estimate of drug-likeness (QED) is 0.311. The van der Waals surface area contributed by atoms with E-state index < -0.39 is 11.9 Å². The highest BCUT2D eigenvalue weighted by Gasteiger charge is 2.18. The zero-order valence-electron chi connectivity index (χ0n) is 20.6. The number of ketones is 1. The topological polar surface area (TPSA) is 110 Å². The van der Waals surface area contributed by atoms with Crippen LogP contribution in [0.1, 0.15) is 95.1 Å². The van der Waals surface area contributed by atoms with E-state index >= 15 is 0 Å². The molecule has 0 spiro atoms. The van der Waals surface area contributed by atoms with Gasteiger partial charge in [-0.1, -0.05) is 31.6 Å². The number of hydroxylamine groups is 2. The van der Waals surface area contributed by atoms with E-state index in [9.17, 15) is 24.3 Å². The number of fused-ring (bicyclic) bond motifs is 1. The lowest BCUT2D eigenvalue weighted by Gasteiger charge is -2.19. The van der Waals surface area contributed by atoms with Crippen LogP contribution in [0.15, 0.2) is 24.3 Å². The maximum atomic E-state index is 12.1. The van der Waals surface area contributed by atoms with Gasteiger partial charge in [0, 0.05) is 25.7 Å². The monoisotopic (exact) mass is 487 g/mol. The summed E-state index contributed by atoms with van der Waals surface area (Å²) in [5.41, 5.74) is 1.87. The first-order valence-electron chi connectivity index (χ1n) is 12.5. The molecule has 192 valence electrons. The summed E-state index contributed by atoms with van der Waals surface area (Å²) in [6.45, 7) is 2.18. The average Bonchev–Trinajstić information content (AvgIpc) is 2.83. The molecule has 1 heterocycles. The van der Waals surface area contributed by atoms with Crippen LogP contribution in [0.25, 0.3) is 6.08 Å². The Morgan fingerprint density at radius 3 is 2.77 bits per heavy atom. The molecular formula is C27H37NO7. The van der Waals surface area contributed by atoms with Crippen LogP contribution in [0.5, 0.6) is 5.75 Å². The van der Waals surface area contributed by atoms with Crippen LogP contribution < -0.4 is 0 Å². The van der Waals surface area contributed by atoms with E-state index in [1.807, 2.05) is 18.2 Å². The van der Waals surface area contributed by atoms with Gasteiger partial charge in [0.1, 0.15) is 11.5 Å². The molecule has 2 rings (SSSR count). The van der Waals surface area contributed by atoms with Gasteiger partial charge in [-0.2, -0.15) is 0 Å². The first kappa shape index (κ1) is 28.2. The Morgan fingerprint density at radius 1 is 1.20 bits per heavy atom. The Kier molecular flexibility index (Phi) is 12.8. The van der Waals surface area contributed by atoms with Crippen molar-refractivity contribution in [2.24, 2.45) is 0 Å². The fraction of sp³-hybridized carbons (Fsp3) is 0.556. The first-order valence-corrected chi connectivity index (χ1v) is 12.5. The number of ether oxygens (including phenoxy) is 1. The Morgan fingerprint density at radius 2 is 2.00 bits per heavy atom. The highest BCUT2D eigenvalue weighted by Crippen LogP contribution is 2.23. The van der Waals surface area contributed by atoms with Crippen LogP contribution in [0.2, 0.25) is 0 Å². The van der Waals surface area contributed by atoms with E-state index in [0.29, 0.717) is 50.2 Å². The third kappa shape index (κ3) is 10.9. The number of phenolic OH excluding ortho intramolecular Hbond substituents is 1. The summed E-state index contributed by atoms with van der Waals surface area (Å²) in [6.07, 6.45) is 11.0. The summed E-state index contributed by atoms with van der Waals surface area (Å²) in [4.78, 5) is 51.7. The minimum atomic E-state index is -0.625. The molecule has 0 aliphatic carbocycles. The van der Waals surface area contributed by atoms with Crippen LogP contribution >= 0.6 is 0 Å². The van der Waals surface area contributed by atoms with E-state index in [2.05, 4.69) is 0 Å². The average molecular weight is 488 g/mol. The number of Topliss-reactive ketones (excluding diaryl/α,β-unsaturated/α-hetero) is 1. The van der Waals surface area contributed by atoms with Crippen molar-refractivity contribution >= 4 is 30.1 Å². The van der Waals surface area contributed by atoms with Crippen molar-refractivity contribution in [2.45, 2.75) is 96.7 Å². The molecule has 1 aliphatic rings. The lowest BCUT2D eigenvalue weighted by atomic mass is 10.0. The minimum absolute atomic E-state index is 0.0787. The zero-order chi connectivity index (χ0) is 25.5. The maximum absolute atomic E-state index is 12.1. The molecule has 8 heteroatoms. The molecule has 0 saturated heterocycles. The van der Waals surface area contributed by atoms with Crippen molar-refractivity contribution in [2.75, 3.05) is 0 Å². The van der Waals surface area contributed by atoms with Gasteiger partial charge < -0.3 is 14.7 Å². The smallest absolute Gasteiger partial charge is 0.333 e. The highest BCUT2D eigenvalue weighted by atomic mass is 16.7. The number of imide groups is 1. The molecule has 8 nitrogen and oxygen atoms in total. The summed E-state index contributed by atoms with van der Waals surface area (Å²) in [5, 5.41) is 10.3. The standard InChI is InChI=1S/C27H37NO7/c1-2-9-26(32)28(20-29)35-27(33)15-7-6-13-25-14-8-12-23(30)11-5-3-4-10-21-18-24(31)17-16-22(21)19-34-25/h4,10,16-18,20,25,31H,2-3,5-9,11-15,19H2,1H3/b10-4+. The predicted octanol–water partition coefficient (Wildman–Crippen LogP) is 5.02. The molecule has 0 radical (unpaired) electrons. The number of nitrogens with zero attached hydrogens (tertiary/aromatic N) is 1. The SMILES string of the molecule is CCCC(=O)N(C=O)OC(=O)CCCCC1CCCC(=O)CCC/C=C/c2cc(O)ccc2CO1. The largest absolute Gasteiger partial charge is 0.508 e. The van der Waals surface area contributed by atoms with Crippen molar-refractivity contribution < 1.29 is 33.9 Å². The second-order valence-electron chi connectivity index (χ2n) is 8.83. The molecular weight excluding hydrogens is 450 g/mol. The number of carbonyl (C=O) groups excluding carboxylic acids is 4. The Labute approximate surface area is 207 Å². The molecule has 0 aromatic heterocycles. The van der Waals surface area contributed by atoms with Crippen LogP contribution in [0.3, 0.4) is 0 Å². The van der Waals surface area contributed by atoms with Crippen LogP contribution in [0, 0.1) is 0 Å². The fourth-order valence-corrected chi connectivity index (χ4v) is 3.92. The molecule has 0 fully saturated rings. The normalized spacial score (nSPS) is 18.1. The molecule has 35 heavy (non-hydrogen) atoms. The second kappa shape index (κ2) is 15.8. The van der Waals surface area contributed by atoms with Gasteiger partial charge in [-0.05, 0) is 68.2 Å². The summed E-state index contributed by atoms with van der Waals surface area (Å²) in [6, 6.07) is 5.21. The highest BCUT2D eigenvalue weighted by molar-refractivity contribution is 5.86. The molecule has 1 aromatic carbocycles. The summed E-state index contributed by atoms with van der Waals surface area (Å²) >= 11 is 0. The van der Waals surface area contributed by atoms with Gasteiger partial charge in [-0.25, -0.2) is 4.79 Å². The van der Waals surface area contributed by atoms with Crippen molar-refractivity contribution in [3.63, 3.8) is 0 Å². The number of hydrogen-bond acceptors (Lipinski definition) is 7. The van der Waals surface area contributed by atoms with E-state index in [1.54, 1.807) is 19.1 Å². The van der Waals surface area contributed by atoms with Gasteiger partial charge in [0.15, 0.2) is 0 Å². The Balaban J connectivity index is 1.90. The third-order valence-electron chi connectivity index (χ3n) is 5.87. The molecule has 0 bridgehead atoms. The Bertz CT molecular complexity index is 880. The molecule has 2 amide bonds. The number of amides is 2. The summed E-state index contributed by atoms with van der Waals surface area (Å²) in [7, 11) is 0. The van der Waals surface area contributed by atoms with Gasteiger partial charge in [-0.3, -0.25) is 14.4 Å². The molecule has 1 aliphatic heterocycles. The van der Waals surface area contributed by atoms with Crippen molar-refractivity contribution in [1.29, 1.82) is 0 Å². The maximum Gasteiger partial charge on any atom is 0.333 e. The lowest BCUT2D eigenvalue weighted by molar-refractivity contribution is -0.196. The number of unbranched alkanes of at least 4 members (excludes halogenated alkanes) is 1. The first-order chi connectivity index (χ1) is 16.9. The molecule has 1 atom stereocenters. The number of hydrogen-bond donors (Lipinski definition) is 1. The lowest BCUT2D eigenvalue weighted by Crippen LogP contribution is -2.32. The molecule has 1 N–H and O–H groups in total. The van der Waals surface area contributed by atoms with Crippen LogP contribution in [-0.4, -0.2) is 40.3 Å². The van der Waals surface area contributed by atoms with E-state index in [4.69, 9.17) is 9.57 Å². The number of phenols is 1. The van der Waals surface area contributed by atoms with Gasteiger partial charge in [0.2, 0.25) is 0 Å². The minimum Gasteiger partial charge on any atom is -0.508 e. The number of allylic oxidation sites excluding steroid dienone is 1. The molecule has 0 saturated carbocycles. The zero-order valence-corrected chi connectivity index (χ0v) is 20.6. The van der Waals surface area contributed by atoms with Crippen molar-refractivity contribution in [3.8, 4) is 5.75 Å². The van der Waals surface area contributed by atoms with Gasteiger partial charge >= 0.3 is 5.97 Å². The van der Waals surface area contributed by atoms with Gasteiger partial charge in [0.25, 0.3) is 12.3 Å². The van der Waals surface area contributed by atoms with Gasteiger partial charge in [0.05, 0.1) is 12.7 Å². The fourth-order valence-electron chi connectivity index (χ4n) is 3.92. The van der Waals surface area contributed by atoms with Crippen molar-refractivity contribution in [3.05, 3.63) is 35.4 Å². The number of rotatable bonds is 8. The Hall–Kier alpha value is -3.00. The number of benzene rings is 1. The predicted molar refractivity (Wildman–Crippen MR) is 131 cm³/mol. The number of aromatic hydroxyl groups is 1. The van der Waals surface area contributed by atoms with Crippen LogP contribution in [-0.2, 0) is 35.4 Å². The van der Waals surface area contributed by atoms with E-state index in [-0.39, 0.29) is 36.9 Å². The second-order valence-corrected chi connectivity index (χ2v) is 8.83. The summed E-state index contributed by atoms with van der Waals surface area (Å²) < 4.78 is 6.19. The van der Waals surface area contributed by atoms with Gasteiger partial charge in [-0.15, -0.1) is 5.06 Å². The number of carbonyl (C=O) groups is 4.